The molecular formula is C44H37N. The molecule has 0 bridgehead atoms. The van der Waals surface area contributed by atoms with Gasteiger partial charge in [-0.3, -0.25) is 0 Å². The highest BCUT2D eigenvalue weighted by atomic mass is 15.1. The van der Waals surface area contributed by atoms with Gasteiger partial charge in [-0.05, 0) is 83.6 Å². The average Bonchev–Trinajstić information content (AvgIpc) is 3.09. The second-order valence-electron chi connectivity index (χ2n) is 11.3. The van der Waals surface area contributed by atoms with Gasteiger partial charge in [0.05, 0.1) is 0 Å². The van der Waals surface area contributed by atoms with E-state index in [2.05, 4.69) is 207 Å². The van der Waals surface area contributed by atoms with Crippen LogP contribution in [0.2, 0.25) is 0 Å². The Kier molecular flexibility index (Phi) is 9.29. The summed E-state index contributed by atoms with van der Waals surface area (Å²) in [4.78, 5) is 2.30. The first-order chi connectivity index (χ1) is 22.1. The van der Waals surface area contributed by atoms with Crippen molar-refractivity contribution in [2.75, 3.05) is 4.90 Å². The molecule has 0 spiro atoms. The zero-order valence-corrected chi connectivity index (χ0v) is 25.8. The van der Waals surface area contributed by atoms with Crippen molar-refractivity contribution in [3.05, 3.63) is 209 Å². The van der Waals surface area contributed by atoms with E-state index in [-0.39, 0.29) is 0 Å². The Morgan fingerprint density at radius 1 is 0.400 bits per heavy atom. The van der Waals surface area contributed by atoms with Crippen molar-refractivity contribution in [2.24, 2.45) is 0 Å². The Labute approximate surface area is 267 Å². The highest BCUT2D eigenvalue weighted by molar-refractivity contribution is 5.82. The minimum absolute atomic E-state index is 1.13. The Bertz CT molecular complexity index is 1810. The van der Waals surface area contributed by atoms with Crippen LogP contribution < -0.4 is 4.90 Å². The summed E-state index contributed by atoms with van der Waals surface area (Å²) in [6.07, 6.45) is 10.8. The molecule has 1 heteroatoms. The average molecular weight is 580 g/mol. The van der Waals surface area contributed by atoms with E-state index in [0.717, 1.165) is 22.6 Å². The van der Waals surface area contributed by atoms with Crippen molar-refractivity contribution < 1.29 is 0 Å². The lowest BCUT2D eigenvalue weighted by atomic mass is 9.97. The standard InChI is InChI=1S/C44H37N/c1-34-16-28-41(29-17-34)45(42-30-18-35(2)19-31-42)43-32-26-38(27-33-43)25-24-37-22-20-36(21-23-37)10-9-15-44(39-11-5-3-6-12-39)40-13-7-4-8-14-40/h3-33H,1-2H3. The first-order valence-corrected chi connectivity index (χ1v) is 15.4. The smallest absolute Gasteiger partial charge is 0.0462 e. The van der Waals surface area contributed by atoms with Gasteiger partial charge in [-0.1, -0.05) is 163 Å². The fourth-order valence-corrected chi connectivity index (χ4v) is 5.33. The third-order valence-electron chi connectivity index (χ3n) is 7.86. The van der Waals surface area contributed by atoms with E-state index in [1.54, 1.807) is 0 Å². The molecule has 0 unspecified atom stereocenters. The quantitative estimate of drug-likeness (QED) is 0.122. The molecule has 0 aliphatic carbocycles. The predicted octanol–water partition coefficient (Wildman–Crippen LogP) is 12.1. The molecule has 0 saturated carbocycles. The van der Waals surface area contributed by atoms with E-state index in [9.17, 15) is 0 Å². The van der Waals surface area contributed by atoms with Crippen LogP contribution in [0, 0.1) is 13.8 Å². The normalized spacial score (nSPS) is 11.2. The van der Waals surface area contributed by atoms with Crippen LogP contribution in [0.5, 0.6) is 0 Å². The molecule has 0 aliphatic heterocycles. The van der Waals surface area contributed by atoms with Crippen LogP contribution in [-0.2, 0) is 0 Å². The molecule has 6 rings (SSSR count). The monoisotopic (exact) mass is 579 g/mol. The van der Waals surface area contributed by atoms with Gasteiger partial charge >= 0.3 is 0 Å². The van der Waals surface area contributed by atoms with Gasteiger partial charge in [0.1, 0.15) is 0 Å². The molecule has 45 heavy (non-hydrogen) atoms. The molecule has 0 fully saturated rings. The summed E-state index contributed by atoms with van der Waals surface area (Å²) >= 11 is 0. The number of hydrogen-bond acceptors (Lipinski definition) is 1. The van der Waals surface area contributed by atoms with Crippen molar-refractivity contribution in [2.45, 2.75) is 13.8 Å². The molecule has 1 nitrogen and oxygen atoms in total. The van der Waals surface area contributed by atoms with Crippen molar-refractivity contribution in [3.8, 4) is 0 Å². The molecule has 0 N–H and O–H groups in total. The Hall–Kier alpha value is -5.66. The van der Waals surface area contributed by atoms with Crippen LogP contribution in [-0.4, -0.2) is 0 Å². The van der Waals surface area contributed by atoms with Crippen LogP contribution in [0.3, 0.4) is 0 Å². The SMILES string of the molecule is Cc1ccc(N(c2ccc(C)cc2)c2ccc(C=Cc3ccc(C=CC=C(c4ccccc4)c4ccccc4)cc3)cc2)cc1. The molecule has 0 atom stereocenters. The zero-order valence-electron chi connectivity index (χ0n) is 25.8. The molecule has 0 saturated heterocycles. The summed E-state index contributed by atoms with van der Waals surface area (Å²) in [6.45, 7) is 4.25. The van der Waals surface area contributed by atoms with Gasteiger partial charge in [0.15, 0.2) is 0 Å². The fraction of sp³-hybridized carbons (Fsp3) is 0.0455. The third-order valence-corrected chi connectivity index (χ3v) is 7.86. The zero-order chi connectivity index (χ0) is 30.8. The number of rotatable bonds is 9. The van der Waals surface area contributed by atoms with E-state index < -0.39 is 0 Å². The minimum Gasteiger partial charge on any atom is -0.311 e. The highest BCUT2D eigenvalue weighted by Crippen LogP contribution is 2.35. The molecule has 0 aliphatic rings. The maximum Gasteiger partial charge on any atom is 0.0462 e. The topological polar surface area (TPSA) is 3.24 Å². The number of allylic oxidation sites excluding steroid dienone is 2. The van der Waals surface area contributed by atoms with Crippen LogP contribution in [0.15, 0.2) is 170 Å². The van der Waals surface area contributed by atoms with Crippen LogP contribution >= 0.6 is 0 Å². The number of aryl methyl sites for hydroxylation is 2. The predicted molar refractivity (Wildman–Crippen MR) is 195 cm³/mol. The lowest BCUT2D eigenvalue weighted by molar-refractivity contribution is 1.27. The van der Waals surface area contributed by atoms with Crippen molar-refractivity contribution in [1.29, 1.82) is 0 Å². The van der Waals surface area contributed by atoms with Gasteiger partial charge < -0.3 is 4.90 Å². The third kappa shape index (κ3) is 7.65. The number of benzene rings is 6. The highest BCUT2D eigenvalue weighted by Gasteiger charge is 2.12. The van der Waals surface area contributed by atoms with Gasteiger partial charge in [-0.15, -0.1) is 0 Å². The maximum atomic E-state index is 2.30. The van der Waals surface area contributed by atoms with Gasteiger partial charge in [-0.25, -0.2) is 0 Å². The Balaban J connectivity index is 1.16. The van der Waals surface area contributed by atoms with Gasteiger partial charge in [-0.2, -0.15) is 0 Å². The largest absolute Gasteiger partial charge is 0.311 e. The van der Waals surface area contributed by atoms with E-state index in [1.165, 1.54) is 39.0 Å². The van der Waals surface area contributed by atoms with Gasteiger partial charge in [0.25, 0.3) is 0 Å². The lowest BCUT2D eigenvalue weighted by Gasteiger charge is -2.25. The molecule has 218 valence electrons. The maximum absolute atomic E-state index is 2.30. The Morgan fingerprint density at radius 2 is 0.756 bits per heavy atom. The molecule has 0 amide bonds. The summed E-state index contributed by atoms with van der Waals surface area (Å²) < 4.78 is 0. The van der Waals surface area contributed by atoms with E-state index >= 15 is 0 Å². The van der Waals surface area contributed by atoms with Gasteiger partial charge in [0.2, 0.25) is 0 Å². The van der Waals surface area contributed by atoms with Crippen molar-refractivity contribution in [3.63, 3.8) is 0 Å². The molecule has 6 aromatic rings. The van der Waals surface area contributed by atoms with Crippen LogP contribution in [0.1, 0.15) is 38.9 Å². The summed E-state index contributed by atoms with van der Waals surface area (Å²) in [5.74, 6) is 0. The minimum atomic E-state index is 1.13. The summed E-state index contributed by atoms with van der Waals surface area (Å²) in [7, 11) is 0. The van der Waals surface area contributed by atoms with E-state index in [4.69, 9.17) is 0 Å². The van der Waals surface area contributed by atoms with Crippen molar-refractivity contribution >= 4 is 40.9 Å². The number of hydrogen-bond donors (Lipinski definition) is 0. The molecule has 0 aromatic heterocycles. The number of nitrogens with zero attached hydrogens (tertiary/aromatic N) is 1. The van der Waals surface area contributed by atoms with Gasteiger partial charge in [0, 0.05) is 17.1 Å². The fourth-order valence-electron chi connectivity index (χ4n) is 5.33. The summed E-state index contributed by atoms with van der Waals surface area (Å²) in [5.41, 5.74) is 13.1. The second-order valence-corrected chi connectivity index (χ2v) is 11.3. The lowest BCUT2D eigenvalue weighted by Crippen LogP contribution is -2.09. The van der Waals surface area contributed by atoms with E-state index in [1.807, 2.05) is 0 Å². The molecule has 6 aromatic carbocycles. The van der Waals surface area contributed by atoms with Crippen LogP contribution in [0.4, 0.5) is 17.1 Å². The van der Waals surface area contributed by atoms with Crippen molar-refractivity contribution in [1.82, 2.24) is 0 Å². The first kappa shape index (κ1) is 29.4. The summed E-state index contributed by atoms with van der Waals surface area (Å²) in [5, 5.41) is 0. The number of anilines is 3. The van der Waals surface area contributed by atoms with E-state index in [0.29, 0.717) is 0 Å². The molecule has 0 radical (unpaired) electrons. The Morgan fingerprint density at radius 3 is 1.18 bits per heavy atom. The molecule has 0 heterocycles. The summed E-state index contributed by atoms with van der Waals surface area (Å²) in [6, 6.07) is 55.9. The second kappa shape index (κ2) is 14.2. The first-order valence-electron chi connectivity index (χ1n) is 15.4. The van der Waals surface area contributed by atoms with Crippen LogP contribution in [0.25, 0.3) is 23.8 Å². The molecular weight excluding hydrogens is 542 g/mol.